The van der Waals surface area contributed by atoms with Crippen LogP contribution < -0.4 is 0 Å². The fourth-order valence-electron chi connectivity index (χ4n) is 6.84. The Balaban J connectivity index is 4.07. The Morgan fingerprint density at radius 3 is 1.17 bits per heavy atom. The minimum atomic E-state index is -0.00837. The van der Waals surface area contributed by atoms with Gasteiger partial charge in [0.2, 0.25) is 0 Å². The van der Waals surface area contributed by atoms with Gasteiger partial charge in [0.1, 0.15) is 0 Å². The molecule has 0 heterocycles. The maximum atomic E-state index is 12.3. The monoisotopic (exact) mass is 738 g/mol. The molecule has 0 bridgehead atoms. The minimum absolute atomic E-state index is 0.00837. The number of likely N-dealkylation sites (N-methyl/N-ethyl adjacent to an activating group) is 1. The van der Waals surface area contributed by atoms with Crippen molar-refractivity contribution in [2.45, 2.75) is 197 Å². The smallest absolute Gasteiger partial charge is 0.305 e. The van der Waals surface area contributed by atoms with Gasteiger partial charge in [-0.3, -0.25) is 9.59 Å². The van der Waals surface area contributed by atoms with Crippen LogP contribution in [0.5, 0.6) is 0 Å². The molecule has 6 heteroatoms. The Hall–Kier alpha value is -1.14. The SMILES string of the molecule is CC(C)CCC(COC(=O)CCCCCCCCCC(CCCCCCCCCC(=O)OCC(CCC(C)C)C(C)C)COCCN(C)C)C(C)C. The summed E-state index contributed by atoms with van der Waals surface area (Å²) in [6.45, 7) is 21.9. The van der Waals surface area contributed by atoms with Crippen LogP contribution in [0.2, 0.25) is 0 Å². The molecular formula is C46H91NO5. The van der Waals surface area contributed by atoms with Crippen molar-refractivity contribution in [1.82, 2.24) is 4.90 Å². The van der Waals surface area contributed by atoms with Crippen molar-refractivity contribution in [3.63, 3.8) is 0 Å². The topological polar surface area (TPSA) is 65.1 Å². The van der Waals surface area contributed by atoms with Gasteiger partial charge in [-0.2, -0.15) is 0 Å². The van der Waals surface area contributed by atoms with Gasteiger partial charge in [-0.05, 0) is 94.0 Å². The molecule has 0 rings (SSSR count). The lowest BCUT2D eigenvalue weighted by Crippen LogP contribution is -2.20. The van der Waals surface area contributed by atoms with Gasteiger partial charge in [-0.25, -0.2) is 0 Å². The van der Waals surface area contributed by atoms with Crippen LogP contribution in [0, 0.1) is 41.4 Å². The van der Waals surface area contributed by atoms with E-state index in [1.807, 2.05) is 0 Å². The summed E-state index contributed by atoms with van der Waals surface area (Å²) in [5.41, 5.74) is 0. The summed E-state index contributed by atoms with van der Waals surface area (Å²) < 4.78 is 17.4. The maximum Gasteiger partial charge on any atom is 0.305 e. The fraction of sp³-hybridized carbons (Fsp3) is 0.957. The lowest BCUT2D eigenvalue weighted by Gasteiger charge is -2.21. The van der Waals surface area contributed by atoms with E-state index >= 15 is 0 Å². The van der Waals surface area contributed by atoms with Crippen molar-refractivity contribution in [2.75, 3.05) is 47.1 Å². The molecule has 0 radical (unpaired) electrons. The predicted octanol–water partition coefficient (Wildman–Crippen LogP) is 12.7. The lowest BCUT2D eigenvalue weighted by atomic mass is 9.89. The Labute approximate surface area is 325 Å². The van der Waals surface area contributed by atoms with Crippen molar-refractivity contribution in [3.8, 4) is 0 Å². The third-order valence-corrected chi connectivity index (χ3v) is 11.1. The highest BCUT2D eigenvalue weighted by Gasteiger charge is 2.18. The highest BCUT2D eigenvalue weighted by Crippen LogP contribution is 2.23. The van der Waals surface area contributed by atoms with E-state index in [4.69, 9.17) is 14.2 Å². The molecule has 310 valence electrons. The Kier molecular flexibility index (Phi) is 33.6. The standard InChI is InChI=1S/C46H91NO5/c1-38(2)29-31-43(40(5)6)36-51-45(48)27-23-19-15-11-13-17-21-25-42(35-50-34-33-47(9)10)26-22-18-14-12-16-20-24-28-46(49)52-37-44(41(7)8)32-30-39(3)4/h38-44H,11-37H2,1-10H3. The van der Waals surface area contributed by atoms with Crippen LogP contribution in [0.25, 0.3) is 0 Å². The third kappa shape index (κ3) is 33.4. The van der Waals surface area contributed by atoms with Crippen molar-refractivity contribution in [1.29, 1.82) is 0 Å². The lowest BCUT2D eigenvalue weighted by molar-refractivity contribution is -0.146. The van der Waals surface area contributed by atoms with Crippen molar-refractivity contribution in [2.24, 2.45) is 41.4 Å². The fourth-order valence-corrected chi connectivity index (χ4v) is 6.84. The summed E-state index contributed by atoms with van der Waals surface area (Å²) in [7, 11) is 4.21. The minimum Gasteiger partial charge on any atom is -0.465 e. The molecule has 0 N–H and O–H groups in total. The zero-order valence-corrected chi connectivity index (χ0v) is 36.6. The Bertz CT molecular complexity index is 753. The van der Waals surface area contributed by atoms with Gasteiger partial charge >= 0.3 is 11.9 Å². The number of nitrogens with zero attached hydrogens (tertiary/aromatic N) is 1. The quantitative estimate of drug-likeness (QED) is 0.0467. The van der Waals surface area contributed by atoms with Crippen LogP contribution >= 0.6 is 0 Å². The molecule has 0 aromatic carbocycles. The van der Waals surface area contributed by atoms with Gasteiger partial charge in [-0.15, -0.1) is 0 Å². The van der Waals surface area contributed by atoms with Gasteiger partial charge in [0.25, 0.3) is 0 Å². The van der Waals surface area contributed by atoms with Gasteiger partial charge in [-0.1, -0.05) is 145 Å². The zero-order chi connectivity index (χ0) is 39.0. The van der Waals surface area contributed by atoms with Gasteiger partial charge < -0.3 is 19.1 Å². The first-order valence-electron chi connectivity index (χ1n) is 22.3. The average molecular weight is 738 g/mol. The number of hydrogen-bond acceptors (Lipinski definition) is 6. The van der Waals surface area contributed by atoms with Gasteiger partial charge in [0.05, 0.1) is 19.8 Å². The second-order valence-corrected chi connectivity index (χ2v) is 18.1. The molecule has 0 saturated heterocycles. The van der Waals surface area contributed by atoms with Crippen molar-refractivity contribution in [3.05, 3.63) is 0 Å². The number of rotatable bonds is 37. The molecule has 0 aliphatic carbocycles. The molecule has 6 nitrogen and oxygen atoms in total. The average Bonchev–Trinajstić information content (AvgIpc) is 3.07. The second-order valence-electron chi connectivity index (χ2n) is 18.1. The first-order chi connectivity index (χ1) is 24.8. The van der Waals surface area contributed by atoms with Crippen LogP contribution in [0.15, 0.2) is 0 Å². The number of hydrogen-bond donors (Lipinski definition) is 0. The molecule has 0 fully saturated rings. The molecule has 0 saturated carbocycles. The maximum absolute atomic E-state index is 12.3. The van der Waals surface area contributed by atoms with E-state index in [-0.39, 0.29) is 11.9 Å². The summed E-state index contributed by atoms with van der Waals surface area (Å²) in [6, 6.07) is 0. The molecule has 52 heavy (non-hydrogen) atoms. The first-order valence-corrected chi connectivity index (χ1v) is 22.3. The molecule has 0 aliphatic rings. The molecule has 0 aliphatic heterocycles. The zero-order valence-electron chi connectivity index (χ0n) is 36.6. The summed E-state index contributed by atoms with van der Waals surface area (Å²) in [4.78, 5) is 26.8. The first kappa shape index (κ1) is 50.9. The van der Waals surface area contributed by atoms with Crippen LogP contribution in [-0.4, -0.2) is 63.9 Å². The van der Waals surface area contributed by atoms with Crippen molar-refractivity contribution < 1.29 is 23.8 Å². The molecule has 0 spiro atoms. The number of carbonyl (C=O) groups excluding carboxylic acids is 2. The molecule has 2 atom stereocenters. The van der Waals surface area contributed by atoms with E-state index in [1.54, 1.807) is 0 Å². The van der Waals surface area contributed by atoms with Gasteiger partial charge in [0, 0.05) is 26.0 Å². The van der Waals surface area contributed by atoms with E-state index in [9.17, 15) is 9.59 Å². The Morgan fingerprint density at radius 1 is 0.462 bits per heavy atom. The van der Waals surface area contributed by atoms with E-state index in [2.05, 4.69) is 74.4 Å². The van der Waals surface area contributed by atoms with Crippen LogP contribution in [0.4, 0.5) is 0 Å². The van der Waals surface area contributed by atoms with E-state index < -0.39 is 0 Å². The van der Waals surface area contributed by atoms with Crippen molar-refractivity contribution >= 4 is 11.9 Å². The normalized spacial score (nSPS) is 13.8. The molecule has 0 aromatic rings. The number of ether oxygens (including phenoxy) is 3. The van der Waals surface area contributed by atoms with Crippen LogP contribution in [-0.2, 0) is 23.8 Å². The predicted molar refractivity (Wildman–Crippen MR) is 223 cm³/mol. The largest absolute Gasteiger partial charge is 0.465 e. The van der Waals surface area contributed by atoms with Crippen LogP contribution in [0.1, 0.15) is 197 Å². The summed E-state index contributed by atoms with van der Waals surface area (Å²) in [5, 5.41) is 0. The van der Waals surface area contributed by atoms with E-state index in [0.717, 1.165) is 58.3 Å². The van der Waals surface area contributed by atoms with E-state index in [0.29, 0.717) is 67.5 Å². The molecule has 0 amide bonds. The molecule has 2 unspecified atom stereocenters. The number of unbranched alkanes of at least 4 members (excludes halogenated alkanes) is 12. The highest BCUT2D eigenvalue weighted by atomic mass is 16.5. The van der Waals surface area contributed by atoms with Gasteiger partial charge in [0.15, 0.2) is 0 Å². The molecule has 0 aromatic heterocycles. The molecular weight excluding hydrogens is 647 g/mol. The number of carbonyl (C=O) groups is 2. The van der Waals surface area contributed by atoms with Crippen LogP contribution in [0.3, 0.4) is 0 Å². The Morgan fingerprint density at radius 2 is 0.827 bits per heavy atom. The second kappa shape index (κ2) is 34.4. The summed E-state index contributed by atoms with van der Waals surface area (Å²) >= 11 is 0. The summed E-state index contributed by atoms with van der Waals surface area (Å²) in [5.74, 6) is 4.13. The third-order valence-electron chi connectivity index (χ3n) is 11.1. The summed E-state index contributed by atoms with van der Waals surface area (Å²) in [6.07, 6.45) is 25.3. The highest BCUT2D eigenvalue weighted by molar-refractivity contribution is 5.69. The number of esters is 2. The van der Waals surface area contributed by atoms with E-state index in [1.165, 1.54) is 89.9 Å².